The van der Waals surface area contributed by atoms with Crippen molar-refractivity contribution in [2.75, 3.05) is 32.8 Å². The Labute approximate surface area is 298 Å². The predicted molar refractivity (Wildman–Crippen MR) is 208 cm³/mol. The number of hydrogen-bond acceptors (Lipinski definition) is 4. The molecule has 2 atom stereocenters. The van der Waals surface area contributed by atoms with E-state index < -0.39 is 0 Å². The van der Waals surface area contributed by atoms with E-state index in [-0.39, 0.29) is 18.1 Å². The zero-order valence-corrected chi connectivity index (χ0v) is 31.7. The smallest absolute Gasteiger partial charge is 0.224 e. The molecular formula is C43H78N2O3. The first-order valence-electron chi connectivity index (χ1n) is 20.5. The number of unbranched alkanes of at least 4 members (excludes halogenated alkanes) is 18. The summed E-state index contributed by atoms with van der Waals surface area (Å²) in [6, 6.07) is 0. The molecule has 1 heterocycles. The topological polar surface area (TPSA) is 64.8 Å². The van der Waals surface area contributed by atoms with E-state index in [0.29, 0.717) is 26.1 Å². The summed E-state index contributed by atoms with van der Waals surface area (Å²) in [6.07, 6.45) is 48.8. The number of allylic oxidation sites excluding steroid dienone is 8. The molecule has 0 aromatic heterocycles. The number of nitrogens with two attached hydrogens (primary N) is 1. The van der Waals surface area contributed by atoms with Crippen molar-refractivity contribution in [2.45, 2.75) is 187 Å². The Morgan fingerprint density at radius 1 is 0.542 bits per heavy atom. The van der Waals surface area contributed by atoms with Crippen LogP contribution in [0.4, 0.5) is 0 Å². The molecule has 278 valence electrons. The molecule has 1 aliphatic heterocycles. The standard InChI is InChI=1S/C43H78N2O3/c1-3-5-7-9-11-13-15-17-19-21-23-25-27-29-31-33-37-47-41-39-45(43(46)35-36-44)40-42(41)48-38-34-32-30-28-26-24-22-20-18-16-14-12-10-8-6-4-2/h11-14,17-20,41-42H,3-10,15-16,21-40,44H2,1-2H3/b13-11-,14-12-,19-17-,20-18-/t41-,42-/m1/s1. The van der Waals surface area contributed by atoms with Crippen LogP contribution in [0.25, 0.3) is 0 Å². The third-order valence-electron chi connectivity index (χ3n) is 9.28. The van der Waals surface area contributed by atoms with Gasteiger partial charge in [-0.3, -0.25) is 4.79 Å². The molecule has 1 amide bonds. The van der Waals surface area contributed by atoms with Gasteiger partial charge in [0.15, 0.2) is 0 Å². The highest BCUT2D eigenvalue weighted by atomic mass is 16.5. The van der Waals surface area contributed by atoms with Gasteiger partial charge in [0.25, 0.3) is 0 Å². The van der Waals surface area contributed by atoms with Crippen molar-refractivity contribution >= 4 is 5.91 Å². The number of carbonyl (C=O) groups excluding carboxylic acids is 1. The van der Waals surface area contributed by atoms with Crippen molar-refractivity contribution in [3.8, 4) is 0 Å². The summed E-state index contributed by atoms with van der Waals surface area (Å²) in [4.78, 5) is 14.4. The Bertz CT molecular complexity index is 763. The molecule has 0 spiro atoms. The van der Waals surface area contributed by atoms with Gasteiger partial charge >= 0.3 is 0 Å². The molecule has 1 saturated heterocycles. The molecule has 0 aromatic rings. The van der Waals surface area contributed by atoms with Crippen LogP contribution in [0, 0.1) is 0 Å². The number of nitrogens with zero attached hydrogens (tertiary/aromatic N) is 1. The van der Waals surface area contributed by atoms with Crippen LogP contribution in [0.5, 0.6) is 0 Å². The van der Waals surface area contributed by atoms with Gasteiger partial charge in [0, 0.05) is 39.3 Å². The Kier molecular flexibility index (Phi) is 32.5. The van der Waals surface area contributed by atoms with Crippen LogP contribution in [0.3, 0.4) is 0 Å². The largest absolute Gasteiger partial charge is 0.374 e. The monoisotopic (exact) mass is 671 g/mol. The molecule has 0 aromatic carbocycles. The minimum atomic E-state index is -0.0192. The zero-order chi connectivity index (χ0) is 34.6. The van der Waals surface area contributed by atoms with Gasteiger partial charge in [-0.05, 0) is 77.0 Å². The fourth-order valence-corrected chi connectivity index (χ4v) is 6.20. The lowest BCUT2D eigenvalue weighted by Crippen LogP contribution is -2.31. The maximum Gasteiger partial charge on any atom is 0.224 e. The molecule has 1 aliphatic rings. The van der Waals surface area contributed by atoms with Crippen LogP contribution in [0.15, 0.2) is 48.6 Å². The van der Waals surface area contributed by atoms with E-state index in [9.17, 15) is 4.79 Å². The van der Waals surface area contributed by atoms with Gasteiger partial charge in [0.1, 0.15) is 12.2 Å². The van der Waals surface area contributed by atoms with Crippen molar-refractivity contribution < 1.29 is 14.3 Å². The normalized spacial score (nSPS) is 17.0. The molecule has 1 fully saturated rings. The molecule has 5 nitrogen and oxygen atoms in total. The lowest BCUT2D eigenvalue weighted by atomic mass is 10.1. The van der Waals surface area contributed by atoms with Gasteiger partial charge in [0.05, 0.1) is 0 Å². The van der Waals surface area contributed by atoms with Crippen molar-refractivity contribution in [3.05, 3.63) is 48.6 Å². The van der Waals surface area contributed by atoms with Crippen molar-refractivity contribution in [1.82, 2.24) is 4.90 Å². The lowest BCUT2D eigenvalue weighted by Gasteiger charge is -2.19. The molecule has 48 heavy (non-hydrogen) atoms. The van der Waals surface area contributed by atoms with Crippen LogP contribution >= 0.6 is 0 Å². The van der Waals surface area contributed by atoms with Crippen molar-refractivity contribution in [1.29, 1.82) is 0 Å². The number of carbonyl (C=O) groups is 1. The first kappa shape index (κ1) is 44.3. The van der Waals surface area contributed by atoms with Gasteiger partial charge in [-0.2, -0.15) is 0 Å². The number of likely N-dealkylation sites (tertiary alicyclic amines) is 1. The van der Waals surface area contributed by atoms with Crippen LogP contribution in [0.2, 0.25) is 0 Å². The summed E-state index contributed by atoms with van der Waals surface area (Å²) in [6.45, 7) is 7.68. The average molecular weight is 671 g/mol. The third-order valence-corrected chi connectivity index (χ3v) is 9.28. The average Bonchev–Trinajstić information content (AvgIpc) is 3.50. The predicted octanol–water partition coefficient (Wildman–Crippen LogP) is 11.6. The van der Waals surface area contributed by atoms with E-state index >= 15 is 0 Å². The van der Waals surface area contributed by atoms with Crippen LogP contribution in [-0.2, 0) is 14.3 Å². The molecule has 0 saturated carbocycles. The quantitative estimate of drug-likeness (QED) is 0.0546. The Hall–Kier alpha value is -1.69. The van der Waals surface area contributed by atoms with E-state index in [4.69, 9.17) is 15.2 Å². The number of ether oxygens (including phenoxy) is 2. The van der Waals surface area contributed by atoms with Gasteiger partial charge in [0.2, 0.25) is 5.91 Å². The minimum absolute atomic E-state index is 0.0192. The molecule has 0 aliphatic carbocycles. The van der Waals surface area contributed by atoms with Crippen LogP contribution in [0.1, 0.15) is 174 Å². The maximum absolute atomic E-state index is 12.5. The highest BCUT2D eigenvalue weighted by Gasteiger charge is 2.36. The van der Waals surface area contributed by atoms with E-state index in [1.165, 1.54) is 128 Å². The Morgan fingerprint density at radius 2 is 0.896 bits per heavy atom. The summed E-state index contributed by atoms with van der Waals surface area (Å²) in [7, 11) is 0. The summed E-state index contributed by atoms with van der Waals surface area (Å²) < 4.78 is 12.6. The second-order valence-corrected chi connectivity index (χ2v) is 13.8. The minimum Gasteiger partial charge on any atom is -0.374 e. The fourth-order valence-electron chi connectivity index (χ4n) is 6.20. The van der Waals surface area contributed by atoms with E-state index in [0.717, 1.165) is 38.9 Å². The number of hydrogen-bond donors (Lipinski definition) is 1. The van der Waals surface area contributed by atoms with Crippen LogP contribution < -0.4 is 5.73 Å². The van der Waals surface area contributed by atoms with E-state index in [1.807, 2.05) is 4.90 Å². The summed E-state index contributed by atoms with van der Waals surface area (Å²) in [5, 5.41) is 0. The summed E-state index contributed by atoms with van der Waals surface area (Å²) >= 11 is 0. The molecule has 2 N–H and O–H groups in total. The zero-order valence-electron chi connectivity index (χ0n) is 31.7. The van der Waals surface area contributed by atoms with Crippen LogP contribution in [-0.4, -0.2) is 55.9 Å². The third kappa shape index (κ3) is 27.2. The second kappa shape index (κ2) is 35.1. The summed E-state index contributed by atoms with van der Waals surface area (Å²) in [5.74, 6) is 0.125. The van der Waals surface area contributed by atoms with Crippen molar-refractivity contribution in [2.24, 2.45) is 5.73 Å². The first-order chi connectivity index (χ1) is 23.7. The van der Waals surface area contributed by atoms with Gasteiger partial charge in [-0.15, -0.1) is 0 Å². The Balaban J connectivity index is 2.09. The lowest BCUT2D eigenvalue weighted by molar-refractivity contribution is -0.130. The Morgan fingerprint density at radius 3 is 1.27 bits per heavy atom. The first-order valence-corrected chi connectivity index (χ1v) is 20.5. The fraction of sp³-hybridized carbons (Fsp3) is 0.791. The number of amides is 1. The molecule has 0 radical (unpaired) electrons. The highest BCUT2D eigenvalue weighted by molar-refractivity contribution is 5.76. The molecule has 5 heteroatoms. The summed E-state index contributed by atoms with van der Waals surface area (Å²) in [5.41, 5.74) is 5.66. The highest BCUT2D eigenvalue weighted by Crippen LogP contribution is 2.20. The maximum atomic E-state index is 12.5. The van der Waals surface area contributed by atoms with Gasteiger partial charge in [-0.1, -0.05) is 140 Å². The van der Waals surface area contributed by atoms with E-state index in [1.54, 1.807) is 0 Å². The molecular weight excluding hydrogens is 592 g/mol. The second-order valence-electron chi connectivity index (χ2n) is 13.8. The van der Waals surface area contributed by atoms with Gasteiger partial charge < -0.3 is 20.1 Å². The van der Waals surface area contributed by atoms with Crippen molar-refractivity contribution in [3.63, 3.8) is 0 Å². The SMILES string of the molecule is CCCCC/C=C\C/C=C\CCCCCCCCO[C@@H]1CN(C(=O)CCN)C[C@H]1OCCCCCCCC/C=C\C/C=C\CCCCC. The number of rotatable bonds is 34. The molecule has 0 unspecified atom stereocenters. The molecule has 0 bridgehead atoms. The van der Waals surface area contributed by atoms with Gasteiger partial charge in [-0.25, -0.2) is 0 Å². The van der Waals surface area contributed by atoms with E-state index in [2.05, 4.69) is 62.5 Å². The molecule has 1 rings (SSSR count).